The lowest BCUT2D eigenvalue weighted by atomic mass is 9.97. The summed E-state index contributed by atoms with van der Waals surface area (Å²) in [4.78, 5) is 16.7. The number of carbonyl (C=O) groups excluding carboxylic acids is 1. The van der Waals surface area contributed by atoms with E-state index in [2.05, 4.69) is 10.3 Å². The Morgan fingerprint density at radius 2 is 2.21 bits per heavy atom. The molecule has 0 aliphatic carbocycles. The van der Waals surface area contributed by atoms with Gasteiger partial charge in [-0.25, -0.2) is 0 Å². The Morgan fingerprint density at radius 3 is 2.84 bits per heavy atom. The van der Waals surface area contributed by atoms with E-state index in [0.29, 0.717) is 22.3 Å². The molecule has 1 aliphatic rings. The van der Waals surface area contributed by atoms with E-state index in [1.165, 1.54) is 11.8 Å². The van der Waals surface area contributed by atoms with Crippen molar-refractivity contribution in [3.8, 4) is 0 Å². The van der Waals surface area contributed by atoms with Gasteiger partial charge in [-0.15, -0.1) is 11.8 Å². The molecule has 0 saturated heterocycles. The smallest absolute Gasteiger partial charge is 0.234 e. The van der Waals surface area contributed by atoms with Gasteiger partial charge in [0.25, 0.3) is 0 Å². The molecule has 6 heteroatoms. The summed E-state index contributed by atoms with van der Waals surface area (Å²) in [7, 11) is 0. The van der Waals surface area contributed by atoms with E-state index in [1.54, 1.807) is 18.2 Å². The van der Waals surface area contributed by atoms with Crippen LogP contribution in [0.3, 0.4) is 0 Å². The van der Waals surface area contributed by atoms with Crippen LogP contribution in [0.15, 0.2) is 23.2 Å². The van der Waals surface area contributed by atoms with Crippen LogP contribution in [0.5, 0.6) is 0 Å². The van der Waals surface area contributed by atoms with Crippen molar-refractivity contribution in [3.63, 3.8) is 0 Å². The van der Waals surface area contributed by atoms with E-state index < -0.39 is 0 Å². The first-order chi connectivity index (χ1) is 9.02. The zero-order valence-electron chi connectivity index (χ0n) is 10.6. The van der Waals surface area contributed by atoms with E-state index in [4.69, 9.17) is 23.2 Å². The quantitative estimate of drug-likeness (QED) is 0.897. The van der Waals surface area contributed by atoms with Crippen molar-refractivity contribution < 1.29 is 4.79 Å². The molecule has 1 aromatic carbocycles. The van der Waals surface area contributed by atoms with Crippen molar-refractivity contribution in [2.24, 2.45) is 16.8 Å². The normalized spacial score (nSPS) is 22.2. The Kier molecular flexibility index (Phi) is 4.76. The first kappa shape index (κ1) is 14.7. The van der Waals surface area contributed by atoms with E-state index in [9.17, 15) is 4.79 Å². The zero-order valence-corrected chi connectivity index (χ0v) is 12.9. The molecule has 1 aliphatic heterocycles. The first-order valence-electron chi connectivity index (χ1n) is 5.87. The fourth-order valence-electron chi connectivity index (χ4n) is 2.04. The van der Waals surface area contributed by atoms with Crippen LogP contribution in [-0.2, 0) is 4.79 Å². The largest absolute Gasteiger partial charge is 0.324 e. The summed E-state index contributed by atoms with van der Waals surface area (Å²) in [5, 5.41) is 4.72. The predicted molar refractivity (Wildman–Crippen MR) is 83.6 cm³/mol. The molecule has 1 N–H and O–H groups in total. The lowest BCUT2D eigenvalue weighted by Crippen LogP contribution is -2.30. The molecule has 0 bridgehead atoms. The summed E-state index contributed by atoms with van der Waals surface area (Å²) < 4.78 is 0. The maximum Gasteiger partial charge on any atom is 0.234 e. The van der Waals surface area contributed by atoms with Crippen LogP contribution in [0.4, 0.5) is 5.69 Å². The molecule has 0 fully saturated rings. The van der Waals surface area contributed by atoms with Gasteiger partial charge in [0.2, 0.25) is 5.91 Å². The first-order valence-corrected chi connectivity index (χ1v) is 7.85. The summed E-state index contributed by atoms with van der Waals surface area (Å²) in [6.07, 6.45) is 1.94. The number of hydrogen-bond donors (Lipinski definition) is 1. The van der Waals surface area contributed by atoms with E-state index in [-0.39, 0.29) is 17.7 Å². The van der Waals surface area contributed by atoms with Gasteiger partial charge in [0, 0.05) is 11.6 Å². The molecule has 0 radical (unpaired) electrons. The van der Waals surface area contributed by atoms with Gasteiger partial charge in [-0.3, -0.25) is 9.79 Å². The summed E-state index contributed by atoms with van der Waals surface area (Å²) in [6.45, 7) is 2.73. The van der Waals surface area contributed by atoms with Gasteiger partial charge < -0.3 is 5.32 Å². The number of halogens is 2. The number of thioether (sulfide) groups is 1. The molecule has 1 amide bonds. The Bertz CT molecular complexity index is 533. The second-order valence-electron chi connectivity index (χ2n) is 4.45. The third-order valence-electron chi connectivity index (χ3n) is 3.05. The molecule has 2 atom stereocenters. The molecular weight excluding hydrogens is 303 g/mol. The lowest BCUT2D eigenvalue weighted by molar-refractivity contribution is -0.118. The van der Waals surface area contributed by atoms with E-state index in [0.717, 1.165) is 5.04 Å². The number of benzene rings is 1. The standard InChI is InChI=1S/C13H14Cl2N2OS/c1-7-6-16-13(19-2)11(7)12(18)17-10-4-3-8(14)5-9(10)15/h3-5,7,11H,6H2,1-2H3,(H,17,18). The van der Waals surface area contributed by atoms with Gasteiger partial charge in [0.1, 0.15) is 0 Å². The van der Waals surface area contributed by atoms with Crippen LogP contribution in [0.25, 0.3) is 0 Å². The highest BCUT2D eigenvalue weighted by Crippen LogP contribution is 2.30. The fourth-order valence-corrected chi connectivity index (χ4v) is 3.30. The highest BCUT2D eigenvalue weighted by atomic mass is 35.5. The summed E-state index contributed by atoms with van der Waals surface area (Å²) >= 11 is 13.4. The highest BCUT2D eigenvalue weighted by molar-refractivity contribution is 8.13. The van der Waals surface area contributed by atoms with E-state index >= 15 is 0 Å². The van der Waals surface area contributed by atoms with Crippen LogP contribution in [-0.4, -0.2) is 23.8 Å². The van der Waals surface area contributed by atoms with E-state index in [1.807, 2.05) is 13.2 Å². The highest BCUT2D eigenvalue weighted by Gasteiger charge is 2.34. The van der Waals surface area contributed by atoms with Crippen molar-refractivity contribution in [2.45, 2.75) is 6.92 Å². The van der Waals surface area contributed by atoms with Gasteiger partial charge in [-0.05, 0) is 30.4 Å². The zero-order chi connectivity index (χ0) is 14.0. The van der Waals surface area contributed by atoms with Crippen LogP contribution in [0.1, 0.15) is 6.92 Å². The van der Waals surface area contributed by atoms with Crippen LogP contribution < -0.4 is 5.32 Å². The molecule has 19 heavy (non-hydrogen) atoms. The SMILES string of the molecule is CSC1=NCC(C)C1C(=O)Nc1ccc(Cl)cc1Cl. The maximum absolute atomic E-state index is 12.3. The molecule has 0 aromatic heterocycles. The molecule has 1 heterocycles. The summed E-state index contributed by atoms with van der Waals surface area (Å²) in [5.41, 5.74) is 0.579. The van der Waals surface area contributed by atoms with Crippen molar-refractivity contribution in [2.75, 3.05) is 18.1 Å². The molecule has 102 valence electrons. The average Bonchev–Trinajstić information content (AvgIpc) is 2.74. The van der Waals surface area contributed by atoms with Crippen LogP contribution in [0.2, 0.25) is 10.0 Å². The van der Waals surface area contributed by atoms with Gasteiger partial charge in [-0.2, -0.15) is 0 Å². The topological polar surface area (TPSA) is 41.5 Å². The van der Waals surface area contributed by atoms with Gasteiger partial charge in [0.05, 0.1) is 21.7 Å². The van der Waals surface area contributed by atoms with Crippen molar-refractivity contribution in [1.82, 2.24) is 0 Å². The third kappa shape index (κ3) is 3.25. The number of rotatable bonds is 2. The lowest BCUT2D eigenvalue weighted by Gasteiger charge is -2.17. The molecule has 2 unspecified atom stereocenters. The average molecular weight is 317 g/mol. The minimum Gasteiger partial charge on any atom is -0.324 e. The van der Waals surface area contributed by atoms with Gasteiger partial charge in [-0.1, -0.05) is 30.1 Å². The van der Waals surface area contributed by atoms with Crippen molar-refractivity contribution in [1.29, 1.82) is 0 Å². The molecule has 3 nitrogen and oxygen atoms in total. The number of carbonyl (C=O) groups is 1. The molecule has 1 aromatic rings. The number of amides is 1. The van der Waals surface area contributed by atoms with Crippen molar-refractivity contribution in [3.05, 3.63) is 28.2 Å². The third-order valence-corrected chi connectivity index (χ3v) is 4.40. The molecule has 2 rings (SSSR count). The Morgan fingerprint density at radius 1 is 1.47 bits per heavy atom. The second kappa shape index (κ2) is 6.16. The molecule has 0 saturated carbocycles. The molecular formula is C13H14Cl2N2OS. The fraction of sp³-hybridized carbons (Fsp3) is 0.385. The monoisotopic (exact) mass is 316 g/mol. The molecule has 0 spiro atoms. The Labute approximate surface area is 126 Å². The Hall–Kier alpha value is -0.710. The number of nitrogens with zero attached hydrogens (tertiary/aromatic N) is 1. The van der Waals surface area contributed by atoms with Gasteiger partial charge in [0.15, 0.2) is 0 Å². The Balaban J connectivity index is 2.15. The summed E-state index contributed by atoms with van der Waals surface area (Å²) in [6, 6.07) is 5.02. The minimum absolute atomic E-state index is 0.0673. The van der Waals surface area contributed by atoms with Gasteiger partial charge >= 0.3 is 0 Å². The second-order valence-corrected chi connectivity index (χ2v) is 6.12. The number of aliphatic imine (C=N–C) groups is 1. The van der Waals surface area contributed by atoms with Crippen LogP contribution in [0, 0.1) is 11.8 Å². The number of nitrogens with one attached hydrogen (secondary N) is 1. The van der Waals surface area contributed by atoms with Crippen molar-refractivity contribution >= 4 is 51.6 Å². The van der Waals surface area contributed by atoms with Crippen LogP contribution >= 0.6 is 35.0 Å². The predicted octanol–water partition coefficient (Wildman–Crippen LogP) is 3.96. The minimum atomic E-state index is -0.193. The number of anilines is 1. The number of hydrogen-bond acceptors (Lipinski definition) is 3. The maximum atomic E-state index is 12.3. The summed E-state index contributed by atoms with van der Waals surface area (Å²) in [5.74, 6) is -0.0439.